The highest BCUT2D eigenvalue weighted by Gasteiger charge is 2.42. The largest absolute Gasteiger partial charge is 0.457 e. The lowest BCUT2D eigenvalue weighted by atomic mass is 9.99. The number of aryl methyl sites for hydroxylation is 2. The summed E-state index contributed by atoms with van der Waals surface area (Å²) in [5.41, 5.74) is 3.68. The van der Waals surface area contributed by atoms with Gasteiger partial charge in [0.2, 0.25) is 6.35 Å². The van der Waals surface area contributed by atoms with Gasteiger partial charge in [-0.05, 0) is 62.2 Å². The normalized spacial score (nSPS) is 18.1. The average molecular weight is 532 g/mol. The molecule has 0 spiro atoms. The molecular formula is C29H34FN7O2. The topological polar surface area (TPSA) is 96.3 Å². The molecule has 2 aromatic carbocycles. The first kappa shape index (κ1) is 26.7. The molecule has 1 atom stereocenters. The third-order valence-corrected chi connectivity index (χ3v) is 6.44. The molecule has 3 aromatic rings. The zero-order valence-electron chi connectivity index (χ0n) is 22.9. The van der Waals surface area contributed by atoms with Gasteiger partial charge in [-0.25, -0.2) is 19.4 Å². The van der Waals surface area contributed by atoms with Crippen LogP contribution in [0.3, 0.4) is 0 Å². The zero-order valence-corrected chi connectivity index (χ0v) is 22.9. The number of nitrogens with one attached hydrogen (secondary N) is 2. The van der Waals surface area contributed by atoms with Gasteiger partial charge in [0.1, 0.15) is 29.2 Å². The quantitative estimate of drug-likeness (QED) is 0.338. The number of halogens is 1. The number of fused-ring (bicyclic) bond motifs is 1. The molecule has 0 radical (unpaired) electrons. The van der Waals surface area contributed by atoms with Crippen LogP contribution < -0.4 is 15.4 Å². The highest BCUT2D eigenvalue weighted by atomic mass is 19.1. The average Bonchev–Trinajstić information content (AvgIpc) is 2.88. The van der Waals surface area contributed by atoms with Crippen LogP contribution >= 0.6 is 0 Å². The lowest BCUT2D eigenvalue weighted by molar-refractivity contribution is -0.0896. The molecule has 0 aliphatic carbocycles. The Morgan fingerprint density at radius 2 is 2.00 bits per heavy atom. The molecule has 39 heavy (non-hydrogen) atoms. The van der Waals surface area contributed by atoms with Gasteiger partial charge in [-0.15, -0.1) is 0 Å². The number of rotatable bonds is 9. The standard InChI is InChI=1S/C29H34FN7O2/c1-18(2)12-31-23-11-22(8-6-19(23)3)39-25-9-7-21(10-20(25)4)35-27-26-24(33-17-34-27)13-32-28(36-26)38-16-29(30)14-37(5)15-29/h6-13,17-18,28,36H,14-16H2,1-5H3,(H,33,34,35). The van der Waals surface area contributed by atoms with Gasteiger partial charge in [-0.2, -0.15) is 0 Å². The molecule has 2 aliphatic rings. The fraction of sp³-hybridized carbons (Fsp3) is 0.379. The molecule has 1 saturated heterocycles. The van der Waals surface area contributed by atoms with Gasteiger partial charge >= 0.3 is 0 Å². The summed E-state index contributed by atoms with van der Waals surface area (Å²) in [6.45, 7) is 8.89. The molecule has 1 unspecified atom stereocenters. The maximum Gasteiger partial charge on any atom is 0.225 e. The summed E-state index contributed by atoms with van der Waals surface area (Å²) in [4.78, 5) is 19.5. The van der Waals surface area contributed by atoms with Crippen LogP contribution in [0.5, 0.6) is 11.5 Å². The molecule has 10 heteroatoms. The molecule has 204 valence electrons. The van der Waals surface area contributed by atoms with Crippen molar-refractivity contribution < 1.29 is 13.9 Å². The van der Waals surface area contributed by atoms with Crippen molar-refractivity contribution in [1.82, 2.24) is 14.9 Å². The molecule has 9 nitrogen and oxygen atoms in total. The SMILES string of the molecule is Cc1ccc(Oc2ccc(Nc3ncnc4c3NC(OCC3(F)CN(C)C3)N=C4)cc2C)cc1N=CC(C)C. The van der Waals surface area contributed by atoms with E-state index in [-0.39, 0.29) is 6.61 Å². The number of hydrogen-bond donors (Lipinski definition) is 2. The first-order valence-corrected chi connectivity index (χ1v) is 13.0. The van der Waals surface area contributed by atoms with Crippen molar-refractivity contribution in [3.05, 3.63) is 59.5 Å². The fourth-order valence-corrected chi connectivity index (χ4v) is 4.49. The van der Waals surface area contributed by atoms with Crippen LogP contribution in [0, 0.1) is 19.8 Å². The van der Waals surface area contributed by atoms with Gasteiger partial charge in [0.25, 0.3) is 0 Å². The maximum absolute atomic E-state index is 14.6. The summed E-state index contributed by atoms with van der Waals surface area (Å²) in [5, 5.41) is 6.52. The first-order chi connectivity index (χ1) is 18.7. The summed E-state index contributed by atoms with van der Waals surface area (Å²) in [6.07, 6.45) is 4.30. The van der Waals surface area contributed by atoms with E-state index in [4.69, 9.17) is 9.47 Å². The van der Waals surface area contributed by atoms with Gasteiger partial charge in [0.05, 0.1) is 18.5 Å². The Bertz CT molecular complexity index is 1400. The number of aliphatic imine (C=N–C) groups is 2. The van der Waals surface area contributed by atoms with Crippen LogP contribution in [0.4, 0.5) is 27.3 Å². The van der Waals surface area contributed by atoms with Crippen LogP contribution in [0.25, 0.3) is 0 Å². The second-order valence-corrected chi connectivity index (χ2v) is 10.6. The molecule has 0 bridgehead atoms. The molecule has 5 rings (SSSR count). The lowest BCUT2D eigenvalue weighted by Gasteiger charge is -2.42. The van der Waals surface area contributed by atoms with Crippen molar-refractivity contribution in [1.29, 1.82) is 0 Å². The minimum atomic E-state index is -1.34. The van der Waals surface area contributed by atoms with E-state index in [0.717, 1.165) is 34.0 Å². The Labute approximate surface area is 228 Å². The van der Waals surface area contributed by atoms with E-state index < -0.39 is 12.0 Å². The van der Waals surface area contributed by atoms with Crippen molar-refractivity contribution in [3.8, 4) is 11.5 Å². The summed E-state index contributed by atoms with van der Waals surface area (Å²) in [5.74, 6) is 2.41. The van der Waals surface area contributed by atoms with Crippen molar-refractivity contribution in [2.75, 3.05) is 37.4 Å². The van der Waals surface area contributed by atoms with Gasteiger partial charge in [-0.3, -0.25) is 9.89 Å². The van der Waals surface area contributed by atoms with Gasteiger partial charge < -0.3 is 20.1 Å². The number of nitrogens with zero attached hydrogens (tertiary/aromatic N) is 5. The summed E-state index contributed by atoms with van der Waals surface area (Å²) in [6, 6.07) is 11.7. The second-order valence-electron chi connectivity index (χ2n) is 10.6. The van der Waals surface area contributed by atoms with Gasteiger partial charge in [0, 0.05) is 31.1 Å². The second kappa shape index (κ2) is 11.1. The Morgan fingerprint density at radius 3 is 2.74 bits per heavy atom. The number of likely N-dealkylation sites (tertiary alicyclic amines) is 1. The smallest absolute Gasteiger partial charge is 0.225 e. The predicted octanol–water partition coefficient (Wildman–Crippen LogP) is 5.79. The minimum Gasteiger partial charge on any atom is -0.457 e. The van der Waals surface area contributed by atoms with E-state index >= 15 is 0 Å². The highest BCUT2D eigenvalue weighted by Crippen LogP contribution is 2.34. The van der Waals surface area contributed by atoms with Gasteiger partial charge in [0.15, 0.2) is 11.5 Å². The summed E-state index contributed by atoms with van der Waals surface area (Å²) in [7, 11) is 1.88. The minimum absolute atomic E-state index is 0.0364. The first-order valence-electron chi connectivity index (χ1n) is 13.0. The van der Waals surface area contributed by atoms with Crippen LogP contribution in [0.1, 0.15) is 30.7 Å². The van der Waals surface area contributed by atoms with E-state index in [2.05, 4.69) is 44.4 Å². The molecule has 1 aromatic heterocycles. The van der Waals surface area contributed by atoms with Crippen LogP contribution in [-0.2, 0) is 4.74 Å². The summed E-state index contributed by atoms with van der Waals surface area (Å²) < 4.78 is 26.5. The van der Waals surface area contributed by atoms with E-state index in [1.807, 2.05) is 68.4 Å². The number of benzene rings is 2. The van der Waals surface area contributed by atoms with E-state index in [0.29, 0.717) is 36.2 Å². The van der Waals surface area contributed by atoms with E-state index in [1.54, 1.807) is 6.21 Å². The number of aromatic nitrogens is 2. The molecule has 0 saturated carbocycles. The third kappa shape index (κ3) is 6.40. The third-order valence-electron chi connectivity index (χ3n) is 6.44. The maximum atomic E-state index is 14.6. The Morgan fingerprint density at radius 1 is 1.18 bits per heavy atom. The fourth-order valence-electron chi connectivity index (χ4n) is 4.49. The van der Waals surface area contributed by atoms with Crippen LogP contribution in [-0.4, -0.2) is 66.1 Å². The molecule has 2 aliphatic heterocycles. The Balaban J connectivity index is 1.27. The molecule has 1 fully saturated rings. The molecule has 0 amide bonds. The van der Waals surface area contributed by atoms with E-state index in [9.17, 15) is 4.39 Å². The Hall–Kier alpha value is -3.89. The van der Waals surface area contributed by atoms with Crippen molar-refractivity contribution in [3.63, 3.8) is 0 Å². The molecule has 3 heterocycles. The molecular weight excluding hydrogens is 497 g/mol. The number of alkyl halides is 1. The zero-order chi connectivity index (χ0) is 27.6. The van der Waals surface area contributed by atoms with Crippen molar-refractivity contribution in [2.24, 2.45) is 15.9 Å². The number of anilines is 3. The summed E-state index contributed by atoms with van der Waals surface area (Å²) >= 11 is 0. The highest BCUT2D eigenvalue weighted by molar-refractivity contribution is 5.92. The van der Waals surface area contributed by atoms with E-state index in [1.165, 1.54) is 6.33 Å². The van der Waals surface area contributed by atoms with Gasteiger partial charge in [-0.1, -0.05) is 19.9 Å². The lowest BCUT2D eigenvalue weighted by Crippen LogP contribution is -2.60. The molecule has 2 N–H and O–H groups in total. The van der Waals surface area contributed by atoms with Crippen molar-refractivity contribution >= 4 is 35.3 Å². The Kier molecular flexibility index (Phi) is 7.58. The van der Waals surface area contributed by atoms with Crippen LogP contribution in [0.15, 0.2) is 52.7 Å². The number of hydrogen-bond acceptors (Lipinski definition) is 9. The van der Waals surface area contributed by atoms with Crippen molar-refractivity contribution in [2.45, 2.75) is 39.7 Å². The number of ether oxygens (including phenoxy) is 2. The van der Waals surface area contributed by atoms with Crippen LogP contribution in [0.2, 0.25) is 0 Å². The predicted molar refractivity (Wildman–Crippen MR) is 153 cm³/mol. The monoisotopic (exact) mass is 531 g/mol.